The van der Waals surface area contributed by atoms with Gasteiger partial charge in [0.25, 0.3) is 0 Å². The number of nitrogens with zero attached hydrogens (tertiary/aromatic N) is 2. The molecule has 1 N–H and O–H groups in total. The Morgan fingerprint density at radius 2 is 1.59 bits per heavy atom. The second-order valence-electron chi connectivity index (χ2n) is 8.02. The molecule has 1 saturated heterocycles. The van der Waals surface area contributed by atoms with Crippen LogP contribution in [-0.4, -0.2) is 50.3 Å². The van der Waals surface area contributed by atoms with Crippen LogP contribution in [0.3, 0.4) is 0 Å². The highest BCUT2D eigenvalue weighted by molar-refractivity contribution is 5.69. The largest absolute Gasteiger partial charge is 0.493 e. The zero-order valence-electron chi connectivity index (χ0n) is 19.0. The number of aromatic nitrogens is 1. The first-order valence-electron chi connectivity index (χ1n) is 11.0. The van der Waals surface area contributed by atoms with Crippen LogP contribution in [0, 0.1) is 0 Å². The molecule has 0 unspecified atom stereocenters. The van der Waals surface area contributed by atoms with Gasteiger partial charge in [-0.1, -0.05) is 18.2 Å². The molecule has 0 radical (unpaired) electrons. The summed E-state index contributed by atoms with van der Waals surface area (Å²) in [4.78, 5) is 7.10. The van der Waals surface area contributed by atoms with Gasteiger partial charge in [0.2, 0.25) is 5.75 Å². The lowest BCUT2D eigenvalue weighted by Gasteiger charge is -2.33. The van der Waals surface area contributed by atoms with Gasteiger partial charge in [-0.15, -0.1) is 0 Å². The number of hydrogen-bond acceptors (Lipinski definition) is 6. The van der Waals surface area contributed by atoms with Crippen molar-refractivity contribution in [2.75, 3.05) is 39.7 Å². The molecule has 1 fully saturated rings. The van der Waals surface area contributed by atoms with E-state index in [1.807, 2.05) is 18.3 Å². The van der Waals surface area contributed by atoms with Crippen molar-refractivity contribution in [3.05, 3.63) is 66.4 Å². The zero-order chi connectivity index (χ0) is 22.3. The number of ether oxygens (including phenoxy) is 3. The van der Waals surface area contributed by atoms with E-state index in [4.69, 9.17) is 14.2 Å². The zero-order valence-corrected chi connectivity index (χ0v) is 19.0. The van der Waals surface area contributed by atoms with Gasteiger partial charge in [0, 0.05) is 43.1 Å². The summed E-state index contributed by atoms with van der Waals surface area (Å²) in [6, 6.07) is 19.1. The van der Waals surface area contributed by atoms with E-state index in [1.165, 1.54) is 11.3 Å². The summed E-state index contributed by atoms with van der Waals surface area (Å²) in [5.41, 5.74) is 4.28. The highest BCUT2D eigenvalue weighted by Gasteiger charge is 2.20. The lowest BCUT2D eigenvalue weighted by atomic mass is 10.0. The molecule has 1 aliphatic rings. The molecule has 0 amide bonds. The number of benzene rings is 2. The van der Waals surface area contributed by atoms with E-state index < -0.39 is 0 Å². The van der Waals surface area contributed by atoms with Gasteiger partial charge in [0.1, 0.15) is 0 Å². The Balaban J connectivity index is 1.42. The molecule has 6 heteroatoms. The number of methoxy groups -OCH3 is 3. The van der Waals surface area contributed by atoms with Gasteiger partial charge >= 0.3 is 0 Å². The third kappa shape index (κ3) is 5.14. The van der Waals surface area contributed by atoms with E-state index in [0.29, 0.717) is 23.3 Å². The number of pyridine rings is 1. The first-order valence-corrected chi connectivity index (χ1v) is 11.0. The Morgan fingerprint density at radius 3 is 2.22 bits per heavy atom. The van der Waals surface area contributed by atoms with Crippen LogP contribution in [0.4, 0.5) is 5.69 Å². The van der Waals surface area contributed by atoms with E-state index in [0.717, 1.165) is 43.7 Å². The quantitative estimate of drug-likeness (QED) is 0.548. The van der Waals surface area contributed by atoms with Crippen molar-refractivity contribution < 1.29 is 14.2 Å². The fourth-order valence-electron chi connectivity index (χ4n) is 4.22. The van der Waals surface area contributed by atoms with Crippen LogP contribution in [0.2, 0.25) is 0 Å². The fraction of sp³-hybridized carbons (Fsp3) is 0.346. The van der Waals surface area contributed by atoms with E-state index in [1.54, 1.807) is 21.3 Å². The molecule has 0 bridgehead atoms. The third-order valence-electron chi connectivity index (χ3n) is 5.92. The number of piperidine rings is 1. The smallest absolute Gasteiger partial charge is 0.203 e. The fourth-order valence-corrected chi connectivity index (χ4v) is 4.22. The molecule has 4 rings (SSSR count). The molecule has 2 heterocycles. The number of rotatable bonds is 8. The van der Waals surface area contributed by atoms with Gasteiger partial charge in [-0.3, -0.25) is 9.88 Å². The SMILES string of the molecule is COc1cc(-c2cc(CN3CCC(Nc4ccccc4)CC3)ccn2)cc(OC)c1OC. The molecule has 6 nitrogen and oxygen atoms in total. The van der Waals surface area contributed by atoms with E-state index >= 15 is 0 Å². The molecular weight excluding hydrogens is 402 g/mol. The molecule has 1 aliphatic heterocycles. The topological polar surface area (TPSA) is 55.9 Å². The molecule has 0 spiro atoms. The predicted octanol–water partition coefficient (Wildman–Crippen LogP) is 4.85. The highest BCUT2D eigenvalue weighted by atomic mass is 16.5. The summed E-state index contributed by atoms with van der Waals surface area (Å²) in [6.07, 6.45) is 4.15. The molecule has 1 aromatic heterocycles. The van der Waals surface area contributed by atoms with Gasteiger partial charge in [0.05, 0.1) is 27.0 Å². The molecular formula is C26H31N3O3. The summed E-state index contributed by atoms with van der Waals surface area (Å²) >= 11 is 0. The molecule has 2 aromatic carbocycles. The Bertz CT molecular complexity index is 993. The normalized spacial score (nSPS) is 14.7. The Labute approximate surface area is 190 Å². The number of nitrogens with one attached hydrogen (secondary N) is 1. The highest BCUT2D eigenvalue weighted by Crippen LogP contribution is 2.40. The Hall–Kier alpha value is -3.25. The van der Waals surface area contributed by atoms with Crippen molar-refractivity contribution in [1.29, 1.82) is 0 Å². The molecule has 32 heavy (non-hydrogen) atoms. The first-order chi connectivity index (χ1) is 15.7. The molecule has 3 aromatic rings. The number of hydrogen-bond donors (Lipinski definition) is 1. The average molecular weight is 434 g/mol. The van der Waals surface area contributed by atoms with Crippen LogP contribution in [0.1, 0.15) is 18.4 Å². The van der Waals surface area contributed by atoms with Crippen molar-refractivity contribution in [2.24, 2.45) is 0 Å². The first kappa shape index (κ1) is 22.0. The van der Waals surface area contributed by atoms with Crippen molar-refractivity contribution >= 4 is 5.69 Å². The van der Waals surface area contributed by atoms with Crippen LogP contribution in [0.25, 0.3) is 11.3 Å². The van der Waals surface area contributed by atoms with Crippen LogP contribution >= 0.6 is 0 Å². The maximum absolute atomic E-state index is 5.50. The van der Waals surface area contributed by atoms with E-state index in [9.17, 15) is 0 Å². The summed E-state index contributed by atoms with van der Waals surface area (Å²) in [5, 5.41) is 3.66. The van der Waals surface area contributed by atoms with Gasteiger partial charge in [-0.2, -0.15) is 0 Å². The summed E-state index contributed by atoms with van der Waals surface area (Å²) in [6.45, 7) is 3.07. The maximum Gasteiger partial charge on any atom is 0.203 e. The van der Waals surface area contributed by atoms with Gasteiger partial charge in [-0.05, 0) is 54.8 Å². The minimum absolute atomic E-state index is 0.529. The lowest BCUT2D eigenvalue weighted by molar-refractivity contribution is 0.211. The average Bonchev–Trinajstić information content (AvgIpc) is 2.85. The molecule has 168 valence electrons. The standard InChI is InChI=1S/C26H31N3O3/c1-30-24-16-20(17-25(31-2)26(24)32-3)23-15-19(9-12-27-23)18-29-13-10-22(11-14-29)28-21-7-5-4-6-8-21/h4-9,12,15-17,22,28H,10-11,13-14,18H2,1-3H3. The summed E-state index contributed by atoms with van der Waals surface area (Å²) in [5.74, 6) is 1.84. The van der Waals surface area contributed by atoms with Crippen LogP contribution in [0.5, 0.6) is 17.2 Å². The summed E-state index contributed by atoms with van der Waals surface area (Å²) < 4.78 is 16.4. The predicted molar refractivity (Wildman–Crippen MR) is 128 cm³/mol. The van der Waals surface area contributed by atoms with Gasteiger partial charge in [-0.25, -0.2) is 0 Å². The van der Waals surface area contributed by atoms with Crippen molar-refractivity contribution in [3.63, 3.8) is 0 Å². The number of likely N-dealkylation sites (tertiary alicyclic amines) is 1. The lowest BCUT2D eigenvalue weighted by Crippen LogP contribution is -2.38. The second-order valence-corrected chi connectivity index (χ2v) is 8.02. The van der Waals surface area contributed by atoms with E-state index in [2.05, 4.69) is 57.7 Å². The molecule has 0 atom stereocenters. The van der Waals surface area contributed by atoms with E-state index in [-0.39, 0.29) is 0 Å². The van der Waals surface area contributed by atoms with Gasteiger partial charge in [0.15, 0.2) is 11.5 Å². The third-order valence-corrected chi connectivity index (χ3v) is 5.92. The maximum atomic E-state index is 5.50. The van der Waals surface area contributed by atoms with Crippen molar-refractivity contribution in [2.45, 2.75) is 25.4 Å². The van der Waals surface area contributed by atoms with Crippen LogP contribution in [0.15, 0.2) is 60.8 Å². The Kier molecular flexibility index (Phi) is 7.12. The minimum atomic E-state index is 0.529. The van der Waals surface area contributed by atoms with Crippen LogP contribution < -0.4 is 19.5 Å². The van der Waals surface area contributed by atoms with Crippen molar-refractivity contribution in [3.8, 4) is 28.5 Å². The molecule has 0 aliphatic carbocycles. The van der Waals surface area contributed by atoms with Crippen LogP contribution in [-0.2, 0) is 6.54 Å². The summed E-state index contributed by atoms with van der Waals surface area (Å²) in [7, 11) is 4.86. The number of para-hydroxylation sites is 1. The minimum Gasteiger partial charge on any atom is -0.493 e. The molecule has 0 saturated carbocycles. The number of anilines is 1. The second kappa shape index (κ2) is 10.4. The van der Waals surface area contributed by atoms with Gasteiger partial charge < -0.3 is 19.5 Å². The van der Waals surface area contributed by atoms with Crippen molar-refractivity contribution in [1.82, 2.24) is 9.88 Å². The Morgan fingerprint density at radius 1 is 0.906 bits per heavy atom. The monoisotopic (exact) mass is 433 g/mol.